The number of carbonyl (C=O) groups excluding carboxylic acids is 1. The topological polar surface area (TPSA) is 38.3 Å². The van der Waals surface area contributed by atoms with Gasteiger partial charge in [0.25, 0.3) is 5.91 Å². The van der Waals surface area contributed by atoms with Crippen LogP contribution < -0.4 is 5.32 Å². The van der Waals surface area contributed by atoms with Crippen molar-refractivity contribution in [1.82, 2.24) is 5.32 Å². The zero-order valence-corrected chi connectivity index (χ0v) is 12.8. The van der Waals surface area contributed by atoms with Crippen LogP contribution in [0.3, 0.4) is 0 Å². The number of hydrogen-bond donors (Lipinski definition) is 1. The quantitative estimate of drug-likeness (QED) is 0.886. The number of ether oxygens (including phenoxy) is 1. The minimum Gasteiger partial charge on any atom is -0.374 e. The van der Waals surface area contributed by atoms with E-state index in [2.05, 4.69) is 5.32 Å². The van der Waals surface area contributed by atoms with Crippen molar-refractivity contribution < 1.29 is 13.9 Å². The van der Waals surface area contributed by atoms with Crippen molar-refractivity contribution in [2.45, 2.75) is 26.0 Å². The fourth-order valence-electron chi connectivity index (χ4n) is 2.02. The first-order valence-electron chi connectivity index (χ1n) is 7.16. The number of hydrogen-bond acceptors (Lipinski definition) is 2. The van der Waals surface area contributed by atoms with Gasteiger partial charge < -0.3 is 10.1 Å². The highest BCUT2D eigenvalue weighted by Crippen LogP contribution is 2.09. The molecule has 0 saturated heterocycles. The monoisotopic (exact) mass is 301 g/mol. The molecule has 0 aliphatic rings. The molecule has 0 heterocycles. The van der Waals surface area contributed by atoms with Gasteiger partial charge in [0.05, 0.1) is 18.8 Å². The minimum atomic E-state index is -0.514. The molecule has 0 fully saturated rings. The van der Waals surface area contributed by atoms with Gasteiger partial charge in [-0.3, -0.25) is 4.79 Å². The van der Waals surface area contributed by atoms with Crippen molar-refractivity contribution >= 4 is 5.91 Å². The van der Waals surface area contributed by atoms with Gasteiger partial charge in [0.1, 0.15) is 5.82 Å². The Morgan fingerprint density at radius 2 is 1.73 bits per heavy atom. The van der Waals surface area contributed by atoms with E-state index in [0.717, 1.165) is 5.56 Å². The number of halogens is 1. The Bertz CT molecular complexity index is 609. The molecule has 0 aromatic heterocycles. The van der Waals surface area contributed by atoms with Crippen molar-refractivity contribution in [3.8, 4) is 0 Å². The Morgan fingerprint density at radius 3 is 2.36 bits per heavy atom. The van der Waals surface area contributed by atoms with Crippen molar-refractivity contribution in [3.63, 3.8) is 0 Å². The average molecular weight is 301 g/mol. The smallest absolute Gasteiger partial charge is 0.251 e. The molecule has 22 heavy (non-hydrogen) atoms. The summed E-state index contributed by atoms with van der Waals surface area (Å²) in [6.07, 6.45) is 0. The molecule has 2 aromatic carbocycles. The van der Waals surface area contributed by atoms with Gasteiger partial charge in [0.2, 0.25) is 0 Å². The number of nitrogens with one attached hydrogen (secondary N) is 1. The van der Waals surface area contributed by atoms with E-state index in [1.807, 2.05) is 44.2 Å². The minimum absolute atomic E-state index is 0.242. The molecule has 2 rings (SSSR count). The van der Waals surface area contributed by atoms with Crippen LogP contribution in [-0.4, -0.2) is 18.1 Å². The van der Waals surface area contributed by atoms with Gasteiger partial charge in [0.15, 0.2) is 0 Å². The molecule has 1 amide bonds. The Morgan fingerprint density at radius 1 is 1.09 bits per heavy atom. The number of amides is 1. The van der Waals surface area contributed by atoms with Crippen LogP contribution in [0.2, 0.25) is 0 Å². The van der Waals surface area contributed by atoms with Crippen LogP contribution in [0.15, 0.2) is 54.6 Å². The zero-order chi connectivity index (χ0) is 16.0. The van der Waals surface area contributed by atoms with Crippen molar-refractivity contribution in [1.29, 1.82) is 0 Å². The maximum absolute atomic E-state index is 12.9. The molecule has 0 radical (unpaired) electrons. The summed E-state index contributed by atoms with van der Waals surface area (Å²) in [6, 6.07) is 15.3. The normalized spacial score (nSPS) is 11.2. The molecule has 1 N–H and O–H groups in total. The molecule has 0 atom stereocenters. The SMILES string of the molecule is CC(C)(COCc1ccccc1)NC(=O)c1ccc(F)cc1. The summed E-state index contributed by atoms with van der Waals surface area (Å²) in [4.78, 5) is 12.1. The van der Waals surface area contributed by atoms with Gasteiger partial charge in [-0.2, -0.15) is 0 Å². The second-order valence-electron chi connectivity index (χ2n) is 5.82. The van der Waals surface area contributed by atoms with Crippen LogP contribution in [0.5, 0.6) is 0 Å². The second-order valence-corrected chi connectivity index (χ2v) is 5.82. The lowest BCUT2D eigenvalue weighted by molar-refractivity contribution is 0.0617. The first kappa shape index (κ1) is 16.2. The summed E-state index contributed by atoms with van der Waals surface area (Å²) < 4.78 is 18.5. The molecule has 0 bridgehead atoms. The van der Waals surface area contributed by atoms with E-state index < -0.39 is 5.54 Å². The Hall–Kier alpha value is -2.20. The highest BCUT2D eigenvalue weighted by atomic mass is 19.1. The van der Waals surface area contributed by atoms with E-state index in [1.165, 1.54) is 24.3 Å². The number of carbonyl (C=O) groups is 1. The molecule has 2 aromatic rings. The first-order valence-corrected chi connectivity index (χ1v) is 7.16. The molecular formula is C18H20FNO2. The molecule has 4 heteroatoms. The lowest BCUT2D eigenvalue weighted by atomic mass is 10.1. The third kappa shape index (κ3) is 4.97. The van der Waals surface area contributed by atoms with Crippen LogP contribution >= 0.6 is 0 Å². The molecular weight excluding hydrogens is 281 g/mol. The van der Waals surface area contributed by atoms with Crippen LogP contribution in [0.1, 0.15) is 29.8 Å². The Labute approximate surface area is 130 Å². The van der Waals surface area contributed by atoms with E-state index in [4.69, 9.17) is 4.74 Å². The van der Waals surface area contributed by atoms with Crippen LogP contribution in [0, 0.1) is 5.82 Å². The summed E-state index contributed by atoms with van der Waals surface area (Å²) in [5.74, 6) is -0.602. The Balaban J connectivity index is 1.85. The van der Waals surface area contributed by atoms with Gasteiger partial charge in [0, 0.05) is 5.56 Å². The molecule has 0 unspecified atom stereocenters. The van der Waals surface area contributed by atoms with Gasteiger partial charge in [-0.15, -0.1) is 0 Å². The van der Waals surface area contributed by atoms with E-state index in [1.54, 1.807) is 0 Å². The van der Waals surface area contributed by atoms with Crippen molar-refractivity contribution in [3.05, 3.63) is 71.5 Å². The van der Waals surface area contributed by atoms with Crippen molar-refractivity contribution in [2.24, 2.45) is 0 Å². The van der Waals surface area contributed by atoms with Gasteiger partial charge in [-0.05, 0) is 43.7 Å². The van der Waals surface area contributed by atoms with Crippen LogP contribution in [-0.2, 0) is 11.3 Å². The van der Waals surface area contributed by atoms with Gasteiger partial charge in [-0.25, -0.2) is 4.39 Å². The summed E-state index contributed by atoms with van der Waals surface area (Å²) in [5.41, 5.74) is 1.00. The Kier molecular flexibility index (Phi) is 5.28. The fraction of sp³-hybridized carbons (Fsp3) is 0.278. The number of rotatable bonds is 6. The van der Waals surface area contributed by atoms with Gasteiger partial charge in [-0.1, -0.05) is 30.3 Å². The predicted molar refractivity (Wildman–Crippen MR) is 84.0 cm³/mol. The van der Waals surface area contributed by atoms with E-state index in [-0.39, 0.29) is 11.7 Å². The molecule has 0 aliphatic heterocycles. The lowest BCUT2D eigenvalue weighted by Gasteiger charge is -2.26. The highest BCUT2D eigenvalue weighted by Gasteiger charge is 2.21. The van der Waals surface area contributed by atoms with Crippen molar-refractivity contribution in [2.75, 3.05) is 6.61 Å². The molecule has 0 aliphatic carbocycles. The second kappa shape index (κ2) is 7.18. The first-order chi connectivity index (χ1) is 10.5. The van der Waals surface area contributed by atoms with Gasteiger partial charge >= 0.3 is 0 Å². The molecule has 0 saturated carbocycles. The standard InChI is InChI=1S/C18H20FNO2/c1-18(2,13-22-12-14-6-4-3-5-7-14)20-17(21)15-8-10-16(19)11-9-15/h3-11H,12-13H2,1-2H3,(H,20,21). The summed E-state index contributed by atoms with van der Waals surface area (Å²) in [6.45, 7) is 4.66. The summed E-state index contributed by atoms with van der Waals surface area (Å²) in [5, 5.41) is 2.89. The molecule has 116 valence electrons. The summed E-state index contributed by atoms with van der Waals surface area (Å²) in [7, 11) is 0. The van der Waals surface area contributed by atoms with Crippen LogP contribution in [0.25, 0.3) is 0 Å². The maximum Gasteiger partial charge on any atom is 0.251 e. The molecule has 0 spiro atoms. The predicted octanol–water partition coefficient (Wildman–Crippen LogP) is 3.55. The zero-order valence-electron chi connectivity index (χ0n) is 12.8. The van der Waals surface area contributed by atoms with Crippen LogP contribution in [0.4, 0.5) is 4.39 Å². The number of benzene rings is 2. The maximum atomic E-state index is 12.9. The molecule has 3 nitrogen and oxygen atoms in total. The third-order valence-electron chi connectivity index (χ3n) is 3.13. The highest BCUT2D eigenvalue weighted by molar-refractivity contribution is 5.94. The van der Waals surface area contributed by atoms with E-state index in [0.29, 0.717) is 18.8 Å². The summed E-state index contributed by atoms with van der Waals surface area (Å²) >= 11 is 0. The van der Waals surface area contributed by atoms with E-state index >= 15 is 0 Å². The third-order valence-corrected chi connectivity index (χ3v) is 3.13. The van der Waals surface area contributed by atoms with E-state index in [9.17, 15) is 9.18 Å². The largest absolute Gasteiger partial charge is 0.374 e. The lowest BCUT2D eigenvalue weighted by Crippen LogP contribution is -2.47. The average Bonchev–Trinajstić information content (AvgIpc) is 2.48. The fourth-order valence-corrected chi connectivity index (χ4v) is 2.02.